The number of rotatable bonds is 7. The fourth-order valence-corrected chi connectivity index (χ4v) is 2.19. The Kier molecular flexibility index (Phi) is 4.18. The van der Waals surface area contributed by atoms with Gasteiger partial charge >= 0.3 is 0 Å². The Labute approximate surface area is 103 Å². The molecule has 0 spiro atoms. The van der Waals surface area contributed by atoms with Crippen molar-refractivity contribution < 1.29 is 9.63 Å². The van der Waals surface area contributed by atoms with Crippen molar-refractivity contribution in [2.24, 2.45) is 0 Å². The number of hydrogen-bond acceptors (Lipinski definition) is 4. The van der Waals surface area contributed by atoms with Crippen molar-refractivity contribution >= 4 is 0 Å². The predicted molar refractivity (Wildman–Crippen MR) is 65.7 cm³/mol. The highest BCUT2D eigenvalue weighted by Gasteiger charge is 2.29. The lowest BCUT2D eigenvalue weighted by atomic mass is 10.2. The topological polar surface area (TPSA) is 49.5 Å². The first kappa shape index (κ1) is 12.6. The first-order chi connectivity index (χ1) is 8.22. The molecular weight excluding hydrogens is 216 g/mol. The first-order valence-corrected chi connectivity index (χ1v) is 6.49. The monoisotopic (exact) mass is 238 g/mol. The molecule has 2 rings (SSSR count). The van der Waals surface area contributed by atoms with Crippen LogP contribution in [-0.4, -0.2) is 34.4 Å². The summed E-state index contributed by atoms with van der Waals surface area (Å²) in [6.45, 7) is 6.29. The summed E-state index contributed by atoms with van der Waals surface area (Å²) >= 11 is 0. The van der Waals surface area contributed by atoms with Gasteiger partial charge in [-0.15, -0.1) is 0 Å². The minimum atomic E-state index is 0.295. The Hall–Kier alpha value is -0.870. The Balaban J connectivity index is 1.93. The second kappa shape index (κ2) is 5.65. The molecule has 0 aromatic carbocycles. The summed E-state index contributed by atoms with van der Waals surface area (Å²) in [5.41, 5.74) is 2.25. The molecule has 1 aliphatic rings. The largest absolute Gasteiger partial charge is 0.396 e. The van der Waals surface area contributed by atoms with Crippen LogP contribution in [0.15, 0.2) is 4.52 Å². The number of hydrogen-bond donors (Lipinski definition) is 1. The molecule has 1 saturated carbocycles. The summed E-state index contributed by atoms with van der Waals surface area (Å²) in [5, 5.41) is 12.8. The van der Waals surface area contributed by atoms with Crippen LogP contribution in [0.2, 0.25) is 0 Å². The van der Waals surface area contributed by atoms with Crippen LogP contribution < -0.4 is 0 Å². The van der Waals surface area contributed by atoms with Gasteiger partial charge in [0.05, 0.1) is 5.69 Å². The quantitative estimate of drug-likeness (QED) is 0.738. The molecule has 0 amide bonds. The van der Waals surface area contributed by atoms with E-state index in [1.807, 2.05) is 13.8 Å². The average molecular weight is 238 g/mol. The van der Waals surface area contributed by atoms with Gasteiger partial charge in [-0.2, -0.15) is 0 Å². The zero-order chi connectivity index (χ0) is 12.3. The molecule has 17 heavy (non-hydrogen) atoms. The summed E-state index contributed by atoms with van der Waals surface area (Å²) in [6, 6.07) is 0.738. The number of aryl methyl sites for hydroxylation is 2. The van der Waals surface area contributed by atoms with Crippen molar-refractivity contribution in [3.63, 3.8) is 0 Å². The van der Waals surface area contributed by atoms with E-state index >= 15 is 0 Å². The maximum Gasteiger partial charge on any atom is 0.138 e. The Morgan fingerprint density at radius 1 is 1.35 bits per heavy atom. The molecule has 1 aromatic rings. The van der Waals surface area contributed by atoms with Gasteiger partial charge in [-0.1, -0.05) is 5.16 Å². The van der Waals surface area contributed by atoms with Crippen LogP contribution in [0.25, 0.3) is 0 Å². The van der Waals surface area contributed by atoms with Gasteiger partial charge in [-0.3, -0.25) is 4.90 Å². The van der Waals surface area contributed by atoms with Crippen molar-refractivity contribution in [2.75, 3.05) is 13.2 Å². The summed E-state index contributed by atoms with van der Waals surface area (Å²) in [7, 11) is 0. The molecule has 1 N–H and O–H groups in total. The van der Waals surface area contributed by atoms with E-state index in [2.05, 4.69) is 10.1 Å². The van der Waals surface area contributed by atoms with E-state index in [0.717, 1.165) is 43.4 Å². The molecule has 0 bridgehead atoms. The lowest BCUT2D eigenvalue weighted by molar-refractivity contribution is 0.227. The third-order valence-corrected chi connectivity index (χ3v) is 3.46. The van der Waals surface area contributed by atoms with Crippen LogP contribution in [0.5, 0.6) is 0 Å². The molecular formula is C13H22N2O2. The SMILES string of the molecule is Cc1noc(C)c1CN(CCCCO)C1CC1. The maximum atomic E-state index is 8.83. The molecule has 0 radical (unpaired) electrons. The smallest absolute Gasteiger partial charge is 0.138 e. The molecule has 1 aliphatic carbocycles. The van der Waals surface area contributed by atoms with E-state index in [0.29, 0.717) is 6.61 Å². The van der Waals surface area contributed by atoms with Gasteiger partial charge in [0.15, 0.2) is 0 Å². The van der Waals surface area contributed by atoms with Gasteiger partial charge in [0.2, 0.25) is 0 Å². The minimum Gasteiger partial charge on any atom is -0.396 e. The molecule has 96 valence electrons. The number of unbranched alkanes of at least 4 members (excludes halogenated alkanes) is 1. The van der Waals surface area contributed by atoms with Crippen LogP contribution in [0.3, 0.4) is 0 Å². The van der Waals surface area contributed by atoms with Gasteiger partial charge < -0.3 is 9.63 Å². The van der Waals surface area contributed by atoms with Crippen LogP contribution >= 0.6 is 0 Å². The highest BCUT2D eigenvalue weighted by Crippen LogP contribution is 2.29. The van der Waals surface area contributed by atoms with Gasteiger partial charge in [0.25, 0.3) is 0 Å². The molecule has 1 heterocycles. The van der Waals surface area contributed by atoms with Gasteiger partial charge in [-0.05, 0) is 46.1 Å². The normalized spacial score (nSPS) is 15.8. The van der Waals surface area contributed by atoms with Crippen LogP contribution in [0.4, 0.5) is 0 Å². The lowest BCUT2D eigenvalue weighted by Crippen LogP contribution is -2.27. The Bertz CT molecular complexity index is 339. The van der Waals surface area contributed by atoms with E-state index in [4.69, 9.17) is 9.63 Å². The summed E-state index contributed by atoms with van der Waals surface area (Å²) in [5.74, 6) is 0.940. The van der Waals surface area contributed by atoms with Crippen molar-refractivity contribution in [3.8, 4) is 0 Å². The van der Waals surface area contributed by atoms with E-state index in [1.54, 1.807) is 0 Å². The van der Waals surface area contributed by atoms with E-state index in [-0.39, 0.29) is 0 Å². The van der Waals surface area contributed by atoms with Crippen molar-refractivity contribution in [3.05, 3.63) is 17.0 Å². The summed E-state index contributed by atoms with van der Waals surface area (Å²) in [6.07, 6.45) is 4.58. The fraction of sp³-hybridized carbons (Fsp3) is 0.769. The van der Waals surface area contributed by atoms with Gasteiger partial charge in [0, 0.05) is 24.8 Å². The lowest BCUT2D eigenvalue weighted by Gasteiger charge is -2.21. The highest BCUT2D eigenvalue weighted by atomic mass is 16.5. The van der Waals surface area contributed by atoms with Gasteiger partial charge in [0.1, 0.15) is 5.76 Å². The first-order valence-electron chi connectivity index (χ1n) is 6.49. The van der Waals surface area contributed by atoms with Crippen LogP contribution in [-0.2, 0) is 6.54 Å². The zero-order valence-corrected chi connectivity index (χ0v) is 10.8. The highest BCUT2D eigenvalue weighted by molar-refractivity contribution is 5.20. The minimum absolute atomic E-state index is 0.295. The third-order valence-electron chi connectivity index (χ3n) is 3.46. The van der Waals surface area contributed by atoms with Crippen LogP contribution in [0.1, 0.15) is 42.7 Å². The number of nitrogens with zero attached hydrogens (tertiary/aromatic N) is 2. The van der Waals surface area contributed by atoms with Crippen molar-refractivity contribution in [1.29, 1.82) is 0 Å². The van der Waals surface area contributed by atoms with Gasteiger partial charge in [-0.25, -0.2) is 0 Å². The molecule has 0 unspecified atom stereocenters. The fourth-order valence-electron chi connectivity index (χ4n) is 2.19. The number of aliphatic hydroxyl groups is 1. The van der Waals surface area contributed by atoms with E-state index < -0.39 is 0 Å². The van der Waals surface area contributed by atoms with Crippen molar-refractivity contribution in [1.82, 2.24) is 10.1 Å². The summed E-state index contributed by atoms with van der Waals surface area (Å²) in [4.78, 5) is 2.50. The van der Waals surface area contributed by atoms with E-state index in [9.17, 15) is 0 Å². The number of aromatic nitrogens is 1. The summed E-state index contributed by atoms with van der Waals surface area (Å²) < 4.78 is 5.21. The standard InChI is InChI=1S/C13H22N2O2/c1-10-13(11(2)17-14-10)9-15(12-5-6-12)7-3-4-8-16/h12,16H,3-9H2,1-2H3. The van der Waals surface area contributed by atoms with E-state index in [1.165, 1.54) is 18.4 Å². The van der Waals surface area contributed by atoms with Crippen LogP contribution in [0, 0.1) is 13.8 Å². The molecule has 0 saturated heterocycles. The third kappa shape index (κ3) is 3.30. The second-order valence-corrected chi connectivity index (χ2v) is 4.94. The maximum absolute atomic E-state index is 8.83. The van der Waals surface area contributed by atoms with Crippen molar-refractivity contribution in [2.45, 2.75) is 52.1 Å². The second-order valence-electron chi connectivity index (χ2n) is 4.94. The zero-order valence-electron chi connectivity index (χ0n) is 10.8. The molecule has 1 aromatic heterocycles. The number of aliphatic hydroxyl groups excluding tert-OH is 1. The predicted octanol–water partition coefficient (Wildman–Crippen LogP) is 2.03. The molecule has 4 nitrogen and oxygen atoms in total. The molecule has 1 fully saturated rings. The average Bonchev–Trinajstić information content (AvgIpc) is 3.10. The molecule has 0 aliphatic heterocycles. The molecule has 0 atom stereocenters. The Morgan fingerprint density at radius 3 is 2.65 bits per heavy atom. The molecule has 4 heteroatoms. The Morgan fingerprint density at radius 2 is 2.12 bits per heavy atom.